The third kappa shape index (κ3) is 2.25. The third-order valence-corrected chi connectivity index (χ3v) is 2.35. The van der Waals surface area contributed by atoms with Gasteiger partial charge in [0.2, 0.25) is 0 Å². The second kappa shape index (κ2) is 4.57. The van der Waals surface area contributed by atoms with Crippen LogP contribution in [0.15, 0.2) is 48.7 Å². The van der Waals surface area contributed by atoms with Gasteiger partial charge in [-0.2, -0.15) is 0 Å². The van der Waals surface area contributed by atoms with Crippen LogP contribution in [0.2, 0.25) is 0 Å². The average Bonchev–Trinajstić information content (AvgIpc) is 2.31. The van der Waals surface area contributed by atoms with Crippen LogP contribution in [0.5, 0.6) is 0 Å². The zero-order valence-electron chi connectivity index (χ0n) is 8.76. The van der Waals surface area contributed by atoms with Gasteiger partial charge in [0.05, 0.1) is 5.56 Å². The van der Waals surface area contributed by atoms with Crippen molar-refractivity contribution in [3.8, 4) is 0 Å². The number of nitrogen functional groups attached to an aromatic ring is 1. The fraction of sp³-hybridized carbons (Fsp3) is 0.0769. The van der Waals surface area contributed by atoms with Gasteiger partial charge in [0, 0.05) is 12.6 Å². The molecule has 0 amide bonds. The van der Waals surface area contributed by atoms with Gasteiger partial charge in [0.25, 0.3) is 0 Å². The summed E-state index contributed by atoms with van der Waals surface area (Å²) in [7, 11) is 0. The number of ketones is 1. The lowest BCUT2D eigenvalue weighted by Gasteiger charge is -2.03. The van der Waals surface area contributed by atoms with Crippen molar-refractivity contribution in [1.29, 1.82) is 0 Å². The standard InChI is InChI=1S/C13H12N2O/c14-13-11(7-4-8-15-13)12(16)9-10-5-2-1-3-6-10/h1-8H,9H2,(H2,14,15). The third-order valence-electron chi connectivity index (χ3n) is 2.35. The molecule has 0 saturated carbocycles. The van der Waals surface area contributed by atoms with E-state index in [1.165, 1.54) is 0 Å². The molecular formula is C13H12N2O. The number of hydrogen-bond acceptors (Lipinski definition) is 3. The highest BCUT2D eigenvalue weighted by molar-refractivity contribution is 6.01. The van der Waals surface area contributed by atoms with E-state index in [4.69, 9.17) is 5.73 Å². The molecule has 0 aliphatic rings. The first-order valence-electron chi connectivity index (χ1n) is 5.05. The molecule has 0 aliphatic carbocycles. The Hall–Kier alpha value is -2.16. The quantitative estimate of drug-likeness (QED) is 0.792. The van der Waals surface area contributed by atoms with Crippen LogP contribution in [-0.2, 0) is 6.42 Å². The molecule has 0 saturated heterocycles. The highest BCUT2D eigenvalue weighted by Gasteiger charge is 2.10. The second-order valence-corrected chi connectivity index (χ2v) is 3.52. The molecule has 3 heteroatoms. The van der Waals surface area contributed by atoms with Gasteiger partial charge in [-0.05, 0) is 17.7 Å². The van der Waals surface area contributed by atoms with Crippen molar-refractivity contribution in [3.05, 3.63) is 59.8 Å². The van der Waals surface area contributed by atoms with Crippen molar-refractivity contribution < 1.29 is 4.79 Å². The summed E-state index contributed by atoms with van der Waals surface area (Å²) in [6.07, 6.45) is 1.94. The number of pyridine rings is 1. The Morgan fingerprint density at radius 3 is 2.56 bits per heavy atom. The summed E-state index contributed by atoms with van der Waals surface area (Å²) in [5.41, 5.74) is 7.12. The topological polar surface area (TPSA) is 56.0 Å². The van der Waals surface area contributed by atoms with Crippen LogP contribution >= 0.6 is 0 Å². The van der Waals surface area contributed by atoms with Crippen LogP contribution in [-0.4, -0.2) is 10.8 Å². The lowest BCUT2D eigenvalue weighted by Crippen LogP contribution is -2.07. The Labute approximate surface area is 93.9 Å². The molecule has 2 rings (SSSR count). The van der Waals surface area contributed by atoms with Gasteiger partial charge in [0.1, 0.15) is 5.82 Å². The SMILES string of the molecule is Nc1ncccc1C(=O)Cc1ccccc1. The Morgan fingerprint density at radius 2 is 1.88 bits per heavy atom. The molecule has 80 valence electrons. The van der Waals surface area contributed by atoms with Gasteiger partial charge in [-0.25, -0.2) is 4.98 Å². The number of anilines is 1. The maximum atomic E-state index is 11.9. The molecule has 1 aromatic carbocycles. The summed E-state index contributed by atoms with van der Waals surface area (Å²) >= 11 is 0. The first-order valence-corrected chi connectivity index (χ1v) is 5.05. The van der Waals surface area contributed by atoms with Crippen LogP contribution in [0.1, 0.15) is 15.9 Å². The van der Waals surface area contributed by atoms with Crippen LogP contribution in [0.25, 0.3) is 0 Å². The maximum Gasteiger partial charge on any atom is 0.170 e. The number of benzene rings is 1. The minimum atomic E-state index is -0.00296. The van der Waals surface area contributed by atoms with Gasteiger partial charge in [-0.15, -0.1) is 0 Å². The van der Waals surface area contributed by atoms with Crippen LogP contribution in [0.3, 0.4) is 0 Å². The van der Waals surface area contributed by atoms with Gasteiger partial charge in [-0.1, -0.05) is 30.3 Å². The highest BCUT2D eigenvalue weighted by atomic mass is 16.1. The molecule has 3 nitrogen and oxygen atoms in total. The van der Waals surface area contributed by atoms with Gasteiger partial charge >= 0.3 is 0 Å². The summed E-state index contributed by atoms with van der Waals surface area (Å²) in [5, 5.41) is 0. The molecule has 0 atom stereocenters. The van der Waals surface area contributed by atoms with E-state index in [1.807, 2.05) is 30.3 Å². The van der Waals surface area contributed by atoms with Crippen LogP contribution in [0, 0.1) is 0 Å². The van der Waals surface area contributed by atoms with Crippen molar-refractivity contribution >= 4 is 11.6 Å². The van der Waals surface area contributed by atoms with E-state index in [0.29, 0.717) is 17.8 Å². The summed E-state index contributed by atoms with van der Waals surface area (Å²) in [4.78, 5) is 15.8. The molecule has 16 heavy (non-hydrogen) atoms. The normalized spacial score (nSPS) is 10.0. The smallest absolute Gasteiger partial charge is 0.170 e. The molecular weight excluding hydrogens is 200 g/mol. The highest BCUT2D eigenvalue weighted by Crippen LogP contribution is 2.11. The van der Waals surface area contributed by atoms with Gasteiger partial charge in [0.15, 0.2) is 5.78 Å². The fourth-order valence-electron chi connectivity index (χ4n) is 1.53. The minimum Gasteiger partial charge on any atom is -0.383 e. The monoisotopic (exact) mass is 212 g/mol. The number of nitrogens with zero attached hydrogens (tertiary/aromatic N) is 1. The number of nitrogens with two attached hydrogens (primary N) is 1. The number of rotatable bonds is 3. The Morgan fingerprint density at radius 1 is 1.12 bits per heavy atom. The molecule has 0 fully saturated rings. The molecule has 2 aromatic rings. The molecule has 0 unspecified atom stereocenters. The maximum absolute atomic E-state index is 11.9. The van der Waals surface area contributed by atoms with Crippen molar-refractivity contribution in [2.24, 2.45) is 0 Å². The van der Waals surface area contributed by atoms with E-state index in [9.17, 15) is 4.79 Å². The molecule has 1 heterocycles. The molecule has 0 bridgehead atoms. The van der Waals surface area contributed by atoms with Gasteiger partial charge in [-0.3, -0.25) is 4.79 Å². The van der Waals surface area contributed by atoms with Gasteiger partial charge < -0.3 is 5.73 Å². The van der Waals surface area contributed by atoms with E-state index >= 15 is 0 Å². The Bertz CT molecular complexity index is 494. The lowest BCUT2D eigenvalue weighted by atomic mass is 10.0. The summed E-state index contributed by atoms with van der Waals surface area (Å²) in [5.74, 6) is 0.292. The Kier molecular flexibility index (Phi) is 2.96. The number of carbonyl (C=O) groups excluding carboxylic acids is 1. The minimum absolute atomic E-state index is 0.00296. The Balaban J connectivity index is 2.19. The first kappa shape index (κ1) is 10.4. The molecule has 2 N–H and O–H groups in total. The van der Waals surface area contributed by atoms with E-state index < -0.39 is 0 Å². The fourth-order valence-corrected chi connectivity index (χ4v) is 1.53. The average molecular weight is 212 g/mol. The number of hydrogen-bond donors (Lipinski definition) is 1. The number of Topliss-reactive ketones (excluding diaryl/α,β-unsaturated/α-hetero) is 1. The van der Waals surface area contributed by atoms with Crippen molar-refractivity contribution in [1.82, 2.24) is 4.98 Å². The van der Waals surface area contributed by atoms with E-state index in [1.54, 1.807) is 18.3 Å². The van der Waals surface area contributed by atoms with Crippen LogP contribution in [0.4, 0.5) is 5.82 Å². The van der Waals surface area contributed by atoms with Crippen LogP contribution < -0.4 is 5.73 Å². The molecule has 0 aliphatic heterocycles. The van der Waals surface area contributed by atoms with Crippen molar-refractivity contribution in [2.45, 2.75) is 6.42 Å². The summed E-state index contributed by atoms with van der Waals surface area (Å²) in [6.45, 7) is 0. The summed E-state index contributed by atoms with van der Waals surface area (Å²) in [6, 6.07) is 13.0. The first-order chi connectivity index (χ1) is 7.77. The zero-order valence-corrected chi connectivity index (χ0v) is 8.76. The van der Waals surface area contributed by atoms with Crippen molar-refractivity contribution in [2.75, 3.05) is 5.73 Å². The van der Waals surface area contributed by atoms with E-state index in [0.717, 1.165) is 5.56 Å². The van der Waals surface area contributed by atoms with E-state index in [2.05, 4.69) is 4.98 Å². The van der Waals surface area contributed by atoms with E-state index in [-0.39, 0.29) is 5.78 Å². The molecule has 0 radical (unpaired) electrons. The predicted octanol–water partition coefficient (Wildman–Crippen LogP) is 2.09. The lowest BCUT2D eigenvalue weighted by molar-refractivity contribution is 0.0993. The number of aromatic nitrogens is 1. The van der Waals surface area contributed by atoms with Crippen molar-refractivity contribution in [3.63, 3.8) is 0 Å². The largest absolute Gasteiger partial charge is 0.383 e. The number of carbonyl (C=O) groups is 1. The summed E-state index contributed by atoms with van der Waals surface area (Å²) < 4.78 is 0. The molecule has 1 aromatic heterocycles. The molecule has 0 spiro atoms. The predicted molar refractivity (Wildman–Crippen MR) is 63.1 cm³/mol. The second-order valence-electron chi connectivity index (χ2n) is 3.52. The zero-order chi connectivity index (χ0) is 11.4.